The summed E-state index contributed by atoms with van der Waals surface area (Å²) in [6, 6.07) is 3.95. The number of hydrogen-bond donors (Lipinski definition) is 1. The molecule has 1 aliphatic heterocycles. The van der Waals surface area contributed by atoms with Crippen LogP contribution in [0.2, 0.25) is 0 Å². The molecule has 1 aromatic carbocycles. The van der Waals surface area contributed by atoms with Crippen LogP contribution in [-0.2, 0) is 11.0 Å². The van der Waals surface area contributed by atoms with Gasteiger partial charge in [0.15, 0.2) is 0 Å². The minimum Gasteiger partial charge on any atom is -0.370 e. The monoisotopic (exact) mass is 407 g/mol. The predicted molar refractivity (Wildman–Crippen MR) is 101 cm³/mol. The van der Waals surface area contributed by atoms with E-state index in [2.05, 4.69) is 9.80 Å². The van der Waals surface area contributed by atoms with Gasteiger partial charge in [-0.3, -0.25) is 9.69 Å². The summed E-state index contributed by atoms with van der Waals surface area (Å²) in [5.74, 6) is -0.276. The minimum atomic E-state index is -4.31. The Morgan fingerprint density at radius 2 is 1.88 bits per heavy atom. The Kier molecular flexibility index (Phi) is 6.76. The highest BCUT2D eigenvalue weighted by atomic mass is 35.5. The lowest BCUT2D eigenvalue weighted by Gasteiger charge is -2.35. The maximum Gasteiger partial charge on any atom is 0.416 e. The molecule has 1 aliphatic rings. The molecule has 144 valence electrons. The topological polar surface area (TPSA) is 49.6 Å². The molecule has 4 nitrogen and oxygen atoms in total. The van der Waals surface area contributed by atoms with Crippen LogP contribution >= 0.6 is 23.7 Å². The van der Waals surface area contributed by atoms with Gasteiger partial charge in [-0.25, -0.2) is 0 Å². The number of carbonyl (C=O) groups excluding carboxylic acids is 1. The molecule has 1 fully saturated rings. The average Bonchev–Trinajstić information content (AvgIpc) is 2.97. The molecule has 0 radical (unpaired) electrons. The van der Waals surface area contributed by atoms with Crippen molar-refractivity contribution in [3.63, 3.8) is 0 Å². The molecule has 1 aromatic heterocycles. The van der Waals surface area contributed by atoms with Crippen molar-refractivity contribution in [1.82, 2.24) is 4.90 Å². The fraction of sp³-hybridized carbons (Fsp3) is 0.471. The zero-order chi connectivity index (χ0) is 18.0. The molecule has 2 heterocycles. The van der Waals surface area contributed by atoms with Gasteiger partial charge in [0.25, 0.3) is 0 Å². The molecule has 0 saturated carbocycles. The summed E-state index contributed by atoms with van der Waals surface area (Å²) >= 11 is 1.35. The second-order valence-corrected chi connectivity index (χ2v) is 7.14. The number of thiophene rings is 1. The molecule has 2 aromatic rings. The number of amides is 1. The second kappa shape index (κ2) is 8.45. The average molecular weight is 408 g/mol. The van der Waals surface area contributed by atoms with E-state index in [0.717, 1.165) is 56.3 Å². The third kappa shape index (κ3) is 4.81. The Balaban J connectivity index is 0.00000243. The Hall–Kier alpha value is -1.51. The maximum absolute atomic E-state index is 12.8. The van der Waals surface area contributed by atoms with Crippen molar-refractivity contribution >= 4 is 45.4 Å². The van der Waals surface area contributed by atoms with Gasteiger partial charge in [0.1, 0.15) is 0 Å². The van der Waals surface area contributed by atoms with Crippen LogP contribution in [0.25, 0.3) is 10.1 Å². The number of hydrogen-bond acceptors (Lipinski definition) is 4. The standard InChI is InChI=1S/C17H20F3N3OS.ClH/c18-17(19,20)12-3-4-13-14(11-25-15(13)10-12)23-8-6-22(7-9-23)5-1-2-16(21)24;/h3-4,10-11H,1-2,5-9H2,(H2,21,24);1H. The molecular formula is C17H21ClF3N3OS. The number of carbonyl (C=O) groups is 1. The van der Waals surface area contributed by atoms with Gasteiger partial charge in [-0.1, -0.05) is 6.07 Å². The fourth-order valence-corrected chi connectivity index (χ4v) is 4.13. The Morgan fingerprint density at radius 3 is 2.50 bits per heavy atom. The quantitative estimate of drug-likeness (QED) is 0.821. The van der Waals surface area contributed by atoms with Crippen molar-refractivity contribution in [3.8, 4) is 0 Å². The van der Waals surface area contributed by atoms with Crippen molar-refractivity contribution in [2.24, 2.45) is 5.73 Å². The lowest BCUT2D eigenvalue weighted by Crippen LogP contribution is -2.46. The highest BCUT2D eigenvalue weighted by Gasteiger charge is 2.31. The first kappa shape index (κ1) is 20.8. The van der Waals surface area contributed by atoms with E-state index in [4.69, 9.17) is 5.73 Å². The highest BCUT2D eigenvalue weighted by molar-refractivity contribution is 7.17. The predicted octanol–water partition coefficient (Wildman–Crippen LogP) is 3.73. The van der Waals surface area contributed by atoms with Crippen LogP contribution in [0.15, 0.2) is 23.6 Å². The van der Waals surface area contributed by atoms with Gasteiger partial charge in [-0.15, -0.1) is 23.7 Å². The number of fused-ring (bicyclic) bond motifs is 1. The molecule has 0 atom stereocenters. The normalized spacial score (nSPS) is 15.9. The summed E-state index contributed by atoms with van der Waals surface area (Å²) in [5, 5.41) is 2.81. The number of nitrogens with two attached hydrogens (primary N) is 1. The molecule has 3 rings (SSSR count). The summed E-state index contributed by atoms with van der Waals surface area (Å²) in [5.41, 5.74) is 5.55. The summed E-state index contributed by atoms with van der Waals surface area (Å²) < 4.78 is 39.2. The molecule has 9 heteroatoms. The molecule has 0 unspecified atom stereocenters. The third-order valence-corrected chi connectivity index (χ3v) is 5.43. The van der Waals surface area contributed by atoms with E-state index in [1.165, 1.54) is 17.4 Å². The van der Waals surface area contributed by atoms with Crippen LogP contribution < -0.4 is 10.6 Å². The molecular weight excluding hydrogens is 387 g/mol. The van der Waals surface area contributed by atoms with Gasteiger partial charge >= 0.3 is 6.18 Å². The van der Waals surface area contributed by atoms with E-state index in [-0.39, 0.29) is 18.3 Å². The van der Waals surface area contributed by atoms with Gasteiger partial charge in [0.2, 0.25) is 5.91 Å². The first-order valence-corrected chi connectivity index (χ1v) is 9.06. The summed E-state index contributed by atoms with van der Waals surface area (Å²) in [4.78, 5) is 15.3. The first-order valence-electron chi connectivity index (χ1n) is 8.18. The smallest absolute Gasteiger partial charge is 0.370 e. The molecule has 26 heavy (non-hydrogen) atoms. The number of nitrogens with zero attached hydrogens (tertiary/aromatic N) is 2. The molecule has 1 saturated heterocycles. The van der Waals surface area contributed by atoms with Gasteiger partial charge in [-0.2, -0.15) is 13.2 Å². The van der Waals surface area contributed by atoms with Crippen molar-refractivity contribution in [2.75, 3.05) is 37.6 Å². The van der Waals surface area contributed by atoms with Crippen LogP contribution in [-0.4, -0.2) is 43.5 Å². The molecule has 0 spiro atoms. The van der Waals surface area contributed by atoms with Crippen molar-refractivity contribution in [2.45, 2.75) is 19.0 Å². The van der Waals surface area contributed by atoms with E-state index in [1.807, 2.05) is 5.38 Å². The number of piperazine rings is 1. The lowest BCUT2D eigenvalue weighted by atomic mass is 10.1. The number of anilines is 1. The van der Waals surface area contributed by atoms with Crippen LogP contribution in [0.3, 0.4) is 0 Å². The largest absolute Gasteiger partial charge is 0.416 e. The highest BCUT2D eigenvalue weighted by Crippen LogP contribution is 2.38. The van der Waals surface area contributed by atoms with E-state index in [1.54, 1.807) is 6.07 Å². The number of primary amides is 1. The zero-order valence-electron chi connectivity index (χ0n) is 14.1. The van der Waals surface area contributed by atoms with Crippen molar-refractivity contribution < 1.29 is 18.0 Å². The van der Waals surface area contributed by atoms with E-state index in [0.29, 0.717) is 11.1 Å². The van der Waals surface area contributed by atoms with Crippen LogP contribution in [0, 0.1) is 0 Å². The third-order valence-electron chi connectivity index (χ3n) is 4.49. The van der Waals surface area contributed by atoms with Crippen LogP contribution in [0.5, 0.6) is 0 Å². The van der Waals surface area contributed by atoms with Crippen LogP contribution in [0.1, 0.15) is 18.4 Å². The fourth-order valence-electron chi connectivity index (χ4n) is 3.12. The maximum atomic E-state index is 12.8. The zero-order valence-corrected chi connectivity index (χ0v) is 15.7. The van der Waals surface area contributed by atoms with Crippen LogP contribution in [0.4, 0.5) is 18.9 Å². The van der Waals surface area contributed by atoms with E-state index in [9.17, 15) is 18.0 Å². The molecule has 2 N–H and O–H groups in total. The van der Waals surface area contributed by atoms with Gasteiger partial charge < -0.3 is 10.6 Å². The van der Waals surface area contributed by atoms with E-state index < -0.39 is 11.7 Å². The number of alkyl halides is 3. The summed E-state index contributed by atoms with van der Waals surface area (Å²) in [6.07, 6.45) is -3.15. The Labute approximate surface area is 160 Å². The van der Waals surface area contributed by atoms with E-state index >= 15 is 0 Å². The summed E-state index contributed by atoms with van der Waals surface area (Å²) in [7, 11) is 0. The number of halogens is 4. The number of rotatable bonds is 5. The molecule has 1 amide bonds. The molecule has 0 bridgehead atoms. The number of benzene rings is 1. The van der Waals surface area contributed by atoms with Crippen molar-refractivity contribution in [1.29, 1.82) is 0 Å². The summed E-state index contributed by atoms with van der Waals surface area (Å²) in [6.45, 7) is 4.23. The minimum absolute atomic E-state index is 0. The Morgan fingerprint density at radius 1 is 1.19 bits per heavy atom. The van der Waals surface area contributed by atoms with Gasteiger partial charge in [0.05, 0.1) is 11.3 Å². The first-order chi connectivity index (χ1) is 11.8. The van der Waals surface area contributed by atoms with Gasteiger partial charge in [0, 0.05) is 48.1 Å². The Bertz CT molecular complexity index is 757. The molecule has 0 aliphatic carbocycles. The van der Waals surface area contributed by atoms with Crippen molar-refractivity contribution in [3.05, 3.63) is 29.1 Å². The van der Waals surface area contributed by atoms with Gasteiger partial charge in [-0.05, 0) is 25.1 Å². The lowest BCUT2D eigenvalue weighted by molar-refractivity contribution is -0.137. The second-order valence-electron chi connectivity index (χ2n) is 6.23. The SMILES string of the molecule is Cl.NC(=O)CCCN1CCN(c2csc3cc(C(F)(F)F)ccc23)CC1.